The van der Waals surface area contributed by atoms with Gasteiger partial charge in [-0.25, -0.2) is 0 Å². The summed E-state index contributed by atoms with van der Waals surface area (Å²) < 4.78 is 65.9. The van der Waals surface area contributed by atoms with Crippen molar-refractivity contribution in [2.24, 2.45) is 0 Å². The molecule has 0 aliphatic rings. The summed E-state index contributed by atoms with van der Waals surface area (Å²) in [4.78, 5) is 8.98. The lowest BCUT2D eigenvalue weighted by Crippen LogP contribution is -2.41. The number of carbonyl (C=O) groups is 1. The van der Waals surface area contributed by atoms with E-state index in [9.17, 15) is 26.3 Å². The van der Waals surface area contributed by atoms with E-state index in [0.717, 1.165) is 0 Å². The van der Waals surface area contributed by atoms with Crippen LogP contribution >= 0.6 is 0 Å². The predicted molar refractivity (Wildman–Crippen MR) is 17.1 cm³/mol. The molecule has 0 unspecified atom stereocenters. The molecule has 0 aliphatic heterocycles. The Morgan fingerprint density at radius 1 is 1.00 bits per heavy atom. The summed E-state index contributed by atoms with van der Waals surface area (Å²) >= 11 is 0. The zero-order valence-corrected chi connectivity index (χ0v) is 4.18. The lowest BCUT2D eigenvalue weighted by molar-refractivity contribution is -0.274. The van der Waals surface area contributed by atoms with Gasteiger partial charge in [0.1, 0.15) is 0 Å². The van der Waals surface area contributed by atoms with Crippen LogP contribution in [0, 0.1) is 0 Å². The minimum Gasteiger partial charge on any atom is -0.254 e. The van der Waals surface area contributed by atoms with Gasteiger partial charge < -0.3 is 0 Å². The highest BCUT2D eigenvalue weighted by Gasteiger charge is 2.64. The van der Waals surface area contributed by atoms with Crippen molar-refractivity contribution in [1.82, 2.24) is 0 Å². The molecule has 0 radical (unpaired) electrons. The molecule has 0 amide bonds. The smallest absolute Gasteiger partial charge is 0.254 e. The van der Waals surface area contributed by atoms with E-state index in [1.165, 1.54) is 0 Å². The second-order valence-corrected chi connectivity index (χ2v) is 1.35. The first-order valence-corrected chi connectivity index (χ1v) is 1.84. The van der Waals surface area contributed by atoms with Gasteiger partial charge in [-0.1, -0.05) is 0 Å². The molecule has 0 aliphatic carbocycles. The first kappa shape index (κ1) is 9.25. The lowest BCUT2D eigenvalue weighted by Gasteiger charge is -2.12. The Hall–Kier alpha value is -0.750. The zero-order valence-electron chi connectivity index (χ0n) is 4.18. The number of hydrogen-bond acceptors (Lipinski definition) is 1. The standard InChI is InChI=1S/C3F6O/c4-1(10)2(5,6)3(7,8)9. The fourth-order valence-electron chi connectivity index (χ4n) is 0.111. The quantitative estimate of drug-likeness (QED) is 0.427. The number of hydrogen-bond donors (Lipinski definition) is 0. The Morgan fingerprint density at radius 3 is 1.30 bits per heavy atom. The van der Waals surface area contributed by atoms with Crippen LogP contribution in [0.5, 0.6) is 0 Å². The zero-order chi connectivity index (χ0) is 8.58. The molecule has 60 valence electrons. The Bertz CT molecular complexity index is 146. The molecule has 0 aromatic rings. The number of carbonyl (C=O) groups excluding carboxylic acids is 1. The molecule has 0 aromatic heterocycles. The van der Waals surface area contributed by atoms with E-state index in [2.05, 4.69) is 0 Å². The van der Waals surface area contributed by atoms with Gasteiger partial charge in [0, 0.05) is 0 Å². The molecule has 0 bridgehead atoms. The maximum atomic E-state index is 11.2. The van der Waals surface area contributed by atoms with Gasteiger partial charge in [0.2, 0.25) is 0 Å². The summed E-state index contributed by atoms with van der Waals surface area (Å²) in [6.07, 6.45) is -6.14. The molecule has 0 atom stereocenters. The highest BCUT2D eigenvalue weighted by molar-refractivity contribution is 5.77. The molecule has 0 fully saturated rings. The lowest BCUT2D eigenvalue weighted by atomic mass is 10.3. The van der Waals surface area contributed by atoms with Crippen LogP contribution in [-0.2, 0) is 4.79 Å². The van der Waals surface area contributed by atoms with Gasteiger partial charge in [-0.05, 0) is 0 Å². The molecule has 0 saturated carbocycles. The average molecular weight is 166 g/mol. The van der Waals surface area contributed by atoms with E-state index in [1.807, 2.05) is 0 Å². The van der Waals surface area contributed by atoms with Gasteiger partial charge in [-0.2, -0.15) is 26.3 Å². The molecule has 10 heavy (non-hydrogen) atoms. The van der Waals surface area contributed by atoms with E-state index in [4.69, 9.17) is 4.79 Å². The third-order valence-corrected chi connectivity index (χ3v) is 0.603. The minimum absolute atomic E-state index is 3.69. The largest absolute Gasteiger partial charge is 0.464 e. The summed E-state index contributed by atoms with van der Waals surface area (Å²) in [5.41, 5.74) is 0. The van der Waals surface area contributed by atoms with Crippen LogP contribution in [0.15, 0.2) is 0 Å². The molecule has 1 nitrogen and oxygen atoms in total. The molecule has 0 rings (SSSR count). The Kier molecular flexibility index (Phi) is 1.98. The maximum absolute atomic E-state index is 11.2. The van der Waals surface area contributed by atoms with Crippen molar-refractivity contribution in [2.75, 3.05) is 0 Å². The van der Waals surface area contributed by atoms with Crippen molar-refractivity contribution in [3.8, 4) is 0 Å². The molecular weight excluding hydrogens is 166 g/mol. The average Bonchev–Trinajstić information content (AvgIpc) is 1.62. The third-order valence-electron chi connectivity index (χ3n) is 0.603. The predicted octanol–water partition coefficient (Wildman–Crippen LogP) is 1.68. The summed E-state index contributed by atoms with van der Waals surface area (Å²) in [6, 6.07) is -3.69. The van der Waals surface area contributed by atoms with Crippen LogP contribution < -0.4 is 0 Å². The van der Waals surface area contributed by atoms with Crippen LogP contribution in [0.25, 0.3) is 0 Å². The monoisotopic (exact) mass is 166 g/mol. The van der Waals surface area contributed by atoms with Gasteiger partial charge >= 0.3 is 18.1 Å². The van der Waals surface area contributed by atoms with Crippen molar-refractivity contribution in [1.29, 1.82) is 0 Å². The van der Waals surface area contributed by atoms with Crippen LogP contribution in [0.4, 0.5) is 26.3 Å². The third kappa shape index (κ3) is 1.39. The Labute approximate surface area is 50.6 Å². The van der Waals surface area contributed by atoms with E-state index in [1.54, 1.807) is 0 Å². The van der Waals surface area contributed by atoms with Crippen LogP contribution in [-0.4, -0.2) is 18.1 Å². The Balaban J connectivity index is 4.57. The molecular formula is C3F6O. The molecule has 0 aromatic carbocycles. The molecule has 0 N–H and O–H groups in total. The van der Waals surface area contributed by atoms with Gasteiger partial charge in [0.15, 0.2) is 0 Å². The maximum Gasteiger partial charge on any atom is 0.464 e. The summed E-state index contributed by atoms with van der Waals surface area (Å²) in [5, 5.41) is 0. The van der Waals surface area contributed by atoms with Gasteiger partial charge in [0.05, 0.1) is 0 Å². The normalized spacial score (nSPS) is 13.4. The van der Waals surface area contributed by atoms with E-state index < -0.39 is 18.1 Å². The van der Waals surface area contributed by atoms with Crippen LogP contribution in [0.2, 0.25) is 0 Å². The van der Waals surface area contributed by atoms with Crippen molar-refractivity contribution in [2.45, 2.75) is 12.1 Å². The van der Waals surface area contributed by atoms with Gasteiger partial charge in [-0.3, -0.25) is 4.79 Å². The second-order valence-electron chi connectivity index (χ2n) is 1.35. The number of halogens is 6. The number of rotatable bonds is 1. The topological polar surface area (TPSA) is 17.1 Å². The molecule has 7 heteroatoms. The fourth-order valence-corrected chi connectivity index (χ4v) is 0.111. The summed E-state index contributed by atoms with van der Waals surface area (Å²) in [5.74, 6) is -5.87. The number of alkyl halides is 5. The summed E-state index contributed by atoms with van der Waals surface area (Å²) in [7, 11) is 0. The molecule has 0 saturated heterocycles. The van der Waals surface area contributed by atoms with Crippen molar-refractivity contribution >= 4 is 6.04 Å². The minimum atomic E-state index is -6.14. The molecule has 0 heterocycles. The van der Waals surface area contributed by atoms with E-state index in [0.29, 0.717) is 0 Å². The van der Waals surface area contributed by atoms with E-state index >= 15 is 0 Å². The van der Waals surface area contributed by atoms with Crippen molar-refractivity contribution in [3.63, 3.8) is 0 Å². The van der Waals surface area contributed by atoms with Gasteiger partial charge in [-0.15, -0.1) is 0 Å². The summed E-state index contributed by atoms with van der Waals surface area (Å²) in [6.45, 7) is 0. The fraction of sp³-hybridized carbons (Fsp3) is 0.667. The molecule has 0 spiro atoms. The van der Waals surface area contributed by atoms with Crippen LogP contribution in [0.3, 0.4) is 0 Å². The Morgan fingerprint density at radius 2 is 1.30 bits per heavy atom. The van der Waals surface area contributed by atoms with Gasteiger partial charge in [0.25, 0.3) is 0 Å². The first-order valence-electron chi connectivity index (χ1n) is 1.84. The van der Waals surface area contributed by atoms with E-state index in [-0.39, 0.29) is 0 Å². The van der Waals surface area contributed by atoms with Crippen LogP contribution in [0.1, 0.15) is 0 Å². The first-order chi connectivity index (χ1) is 4.19. The highest BCUT2D eigenvalue weighted by atomic mass is 19.4. The SMILES string of the molecule is O=C(F)C(F)(F)C(F)(F)F. The second kappa shape index (κ2) is 2.14. The van der Waals surface area contributed by atoms with Crippen molar-refractivity contribution in [3.05, 3.63) is 0 Å². The van der Waals surface area contributed by atoms with Crippen molar-refractivity contribution < 1.29 is 31.1 Å². The highest BCUT2D eigenvalue weighted by Crippen LogP contribution is 2.36.